The zero-order valence-electron chi connectivity index (χ0n) is 15.2. The van der Waals surface area contributed by atoms with Gasteiger partial charge in [0.1, 0.15) is 12.4 Å². The summed E-state index contributed by atoms with van der Waals surface area (Å²) >= 11 is 0. The maximum atomic E-state index is 11.9. The Morgan fingerprint density at radius 3 is 2.70 bits per heavy atom. The standard InChI is InChI=1S/C21H26N2O4/c22-17-9-5-6-10-18(17)23-21(26)13-3-1-2-11-19(25)16-8-4-7-12-20(16)27-15-14-24/h3-10,12-13,19,24-25H,1-2,11,14-15,22H2,(H,23,26)/b13-3+/t19-/m1/s1. The lowest BCUT2D eigenvalue weighted by molar-refractivity contribution is -0.111. The molecule has 1 atom stereocenters. The van der Waals surface area contributed by atoms with Gasteiger partial charge in [-0.3, -0.25) is 4.79 Å². The average molecular weight is 370 g/mol. The summed E-state index contributed by atoms with van der Waals surface area (Å²) in [5, 5.41) is 22.0. The number of unbranched alkanes of at least 4 members (excludes halogenated alkanes) is 1. The van der Waals surface area contributed by atoms with Crippen molar-refractivity contribution in [2.24, 2.45) is 0 Å². The van der Waals surface area contributed by atoms with Gasteiger partial charge < -0.3 is 26.0 Å². The molecule has 0 aliphatic heterocycles. The van der Waals surface area contributed by atoms with Gasteiger partial charge in [-0.05, 0) is 43.5 Å². The Morgan fingerprint density at radius 1 is 1.19 bits per heavy atom. The van der Waals surface area contributed by atoms with Crippen LogP contribution in [0.15, 0.2) is 60.7 Å². The highest BCUT2D eigenvalue weighted by molar-refractivity contribution is 6.01. The molecule has 0 heterocycles. The van der Waals surface area contributed by atoms with Crippen molar-refractivity contribution in [1.29, 1.82) is 0 Å². The van der Waals surface area contributed by atoms with E-state index in [0.29, 0.717) is 42.0 Å². The molecule has 2 aromatic carbocycles. The molecule has 0 fully saturated rings. The molecular weight excluding hydrogens is 344 g/mol. The topological polar surface area (TPSA) is 105 Å². The molecule has 1 amide bonds. The third-order valence-electron chi connectivity index (χ3n) is 3.96. The normalized spacial score (nSPS) is 12.1. The Hall–Kier alpha value is -2.83. The summed E-state index contributed by atoms with van der Waals surface area (Å²) in [6.07, 6.45) is 4.50. The number of hydrogen-bond donors (Lipinski definition) is 4. The van der Waals surface area contributed by atoms with Crippen molar-refractivity contribution >= 4 is 17.3 Å². The first-order valence-electron chi connectivity index (χ1n) is 8.94. The molecule has 0 unspecified atom stereocenters. The number of aliphatic hydroxyl groups is 2. The number of nitrogens with two attached hydrogens (primary N) is 1. The molecule has 0 bridgehead atoms. The Labute approximate surface area is 159 Å². The maximum absolute atomic E-state index is 11.9. The van der Waals surface area contributed by atoms with Crippen molar-refractivity contribution in [2.75, 3.05) is 24.3 Å². The number of ether oxygens (including phenoxy) is 1. The molecule has 144 valence electrons. The van der Waals surface area contributed by atoms with E-state index in [1.165, 1.54) is 6.08 Å². The van der Waals surface area contributed by atoms with Crippen LogP contribution in [0.5, 0.6) is 5.75 Å². The molecule has 0 spiro atoms. The quantitative estimate of drug-likeness (QED) is 0.292. The summed E-state index contributed by atoms with van der Waals surface area (Å²) in [6, 6.07) is 14.3. The number of carbonyl (C=O) groups excluding carboxylic acids is 1. The lowest BCUT2D eigenvalue weighted by atomic mass is 10.0. The number of para-hydroxylation sites is 3. The predicted octanol–water partition coefficient (Wildman–Crippen LogP) is 3.04. The Kier molecular flexibility index (Phi) is 8.35. The minimum Gasteiger partial charge on any atom is -0.491 e. The zero-order chi connectivity index (χ0) is 19.5. The van der Waals surface area contributed by atoms with E-state index in [-0.39, 0.29) is 19.1 Å². The molecule has 2 aromatic rings. The van der Waals surface area contributed by atoms with Crippen LogP contribution in [0, 0.1) is 0 Å². The van der Waals surface area contributed by atoms with Crippen LogP contribution < -0.4 is 15.8 Å². The highest BCUT2D eigenvalue weighted by atomic mass is 16.5. The lowest BCUT2D eigenvalue weighted by Gasteiger charge is -2.15. The molecular formula is C21H26N2O4. The van der Waals surface area contributed by atoms with E-state index >= 15 is 0 Å². The first kappa shape index (κ1) is 20.5. The monoisotopic (exact) mass is 370 g/mol. The van der Waals surface area contributed by atoms with Gasteiger partial charge in [0.25, 0.3) is 0 Å². The van der Waals surface area contributed by atoms with E-state index in [9.17, 15) is 9.90 Å². The highest BCUT2D eigenvalue weighted by Crippen LogP contribution is 2.28. The number of allylic oxidation sites excluding steroid dienone is 1. The molecule has 0 aliphatic carbocycles. The minimum atomic E-state index is -0.661. The number of rotatable bonds is 10. The molecule has 2 rings (SSSR count). The molecule has 0 aromatic heterocycles. The van der Waals surface area contributed by atoms with Crippen LogP contribution in [-0.4, -0.2) is 29.3 Å². The van der Waals surface area contributed by atoms with E-state index in [4.69, 9.17) is 15.6 Å². The maximum Gasteiger partial charge on any atom is 0.248 e. The van der Waals surface area contributed by atoms with Crippen molar-refractivity contribution in [2.45, 2.75) is 25.4 Å². The third-order valence-corrected chi connectivity index (χ3v) is 3.96. The van der Waals surface area contributed by atoms with Crippen molar-refractivity contribution in [1.82, 2.24) is 0 Å². The summed E-state index contributed by atoms with van der Waals surface area (Å²) in [7, 11) is 0. The number of anilines is 2. The SMILES string of the molecule is Nc1ccccc1NC(=O)/C=C/CCC[C@@H](O)c1ccccc1OCCO. The van der Waals surface area contributed by atoms with Gasteiger partial charge in [0.2, 0.25) is 5.91 Å². The zero-order valence-corrected chi connectivity index (χ0v) is 15.2. The number of amides is 1. The number of aliphatic hydroxyl groups excluding tert-OH is 2. The van der Waals surface area contributed by atoms with E-state index in [1.807, 2.05) is 18.2 Å². The van der Waals surface area contributed by atoms with E-state index in [1.54, 1.807) is 36.4 Å². The van der Waals surface area contributed by atoms with Gasteiger partial charge in [0.15, 0.2) is 0 Å². The van der Waals surface area contributed by atoms with Gasteiger partial charge in [-0.1, -0.05) is 36.4 Å². The van der Waals surface area contributed by atoms with Crippen molar-refractivity contribution in [3.8, 4) is 5.75 Å². The molecule has 0 aliphatic rings. The Bertz CT molecular complexity index is 761. The lowest BCUT2D eigenvalue weighted by Crippen LogP contribution is -2.09. The van der Waals surface area contributed by atoms with Crippen LogP contribution in [0.1, 0.15) is 30.9 Å². The molecule has 0 saturated carbocycles. The number of benzene rings is 2. The van der Waals surface area contributed by atoms with Gasteiger partial charge >= 0.3 is 0 Å². The third kappa shape index (κ3) is 6.77. The summed E-state index contributed by atoms with van der Waals surface area (Å²) in [5.41, 5.74) is 7.59. The summed E-state index contributed by atoms with van der Waals surface area (Å²) in [6.45, 7) is 0.111. The molecule has 0 saturated heterocycles. The fourth-order valence-corrected chi connectivity index (χ4v) is 2.60. The van der Waals surface area contributed by atoms with Gasteiger partial charge in [0, 0.05) is 5.56 Å². The highest BCUT2D eigenvalue weighted by Gasteiger charge is 2.12. The first-order valence-corrected chi connectivity index (χ1v) is 8.94. The Morgan fingerprint density at radius 2 is 1.93 bits per heavy atom. The van der Waals surface area contributed by atoms with E-state index < -0.39 is 6.10 Å². The van der Waals surface area contributed by atoms with Crippen LogP contribution >= 0.6 is 0 Å². The van der Waals surface area contributed by atoms with Gasteiger partial charge in [-0.15, -0.1) is 0 Å². The second-order valence-electron chi connectivity index (χ2n) is 6.04. The number of nitrogens with one attached hydrogen (secondary N) is 1. The van der Waals surface area contributed by atoms with Gasteiger partial charge in [-0.2, -0.15) is 0 Å². The van der Waals surface area contributed by atoms with E-state index in [2.05, 4.69) is 5.32 Å². The molecule has 6 nitrogen and oxygen atoms in total. The smallest absolute Gasteiger partial charge is 0.248 e. The van der Waals surface area contributed by atoms with Crippen LogP contribution in [0.3, 0.4) is 0 Å². The fourth-order valence-electron chi connectivity index (χ4n) is 2.60. The minimum absolute atomic E-state index is 0.0775. The van der Waals surface area contributed by atoms with Crippen molar-refractivity contribution in [3.63, 3.8) is 0 Å². The second kappa shape index (κ2) is 11.0. The van der Waals surface area contributed by atoms with Crippen molar-refractivity contribution < 1.29 is 19.7 Å². The predicted molar refractivity (Wildman–Crippen MR) is 106 cm³/mol. The second-order valence-corrected chi connectivity index (χ2v) is 6.04. The summed E-state index contributed by atoms with van der Waals surface area (Å²) in [5.74, 6) is 0.339. The first-order chi connectivity index (χ1) is 13.1. The molecule has 5 N–H and O–H groups in total. The Balaban J connectivity index is 1.77. The van der Waals surface area contributed by atoms with Crippen LogP contribution in [-0.2, 0) is 4.79 Å². The van der Waals surface area contributed by atoms with Crippen LogP contribution in [0.4, 0.5) is 11.4 Å². The number of nitrogen functional groups attached to an aromatic ring is 1. The number of carbonyl (C=O) groups is 1. The van der Waals surface area contributed by atoms with Crippen molar-refractivity contribution in [3.05, 3.63) is 66.2 Å². The summed E-state index contributed by atoms with van der Waals surface area (Å²) in [4.78, 5) is 11.9. The van der Waals surface area contributed by atoms with Gasteiger partial charge in [-0.25, -0.2) is 0 Å². The van der Waals surface area contributed by atoms with Gasteiger partial charge in [0.05, 0.1) is 24.1 Å². The molecule has 0 radical (unpaired) electrons. The fraction of sp³-hybridized carbons (Fsp3) is 0.286. The van der Waals surface area contributed by atoms with Crippen LogP contribution in [0.25, 0.3) is 0 Å². The molecule has 27 heavy (non-hydrogen) atoms. The summed E-state index contributed by atoms with van der Waals surface area (Å²) < 4.78 is 5.45. The number of hydrogen-bond acceptors (Lipinski definition) is 5. The van der Waals surface area contributed by atoms with E-state index in [0.717, 1.165) is 0 Å². The van der Waals surface area contributed by atoms with Crippen LogP contribution in [0.2, 0.25) is 0 Å². The molecule has 6 heteroatoms. The average Bonchev–Trinajstić information content (AvgIpc) is 2.68. The largest absolute Gasteiger partial charge is 0.491 e.